The normalized spacial score (nSPS) is 10.3. The molecule has 0 unspecified atom stereocenters. The molecule has 0 aliphatic rings. The van der Waals surface area contributed by atoms with Gasteiger partial charge in [0.05, 0.1) is 0 Å². The van der Waals surface area contributed by atoms with Crippen LogP contribution >= 0.6 is 0 Å². The number of hydrogen-bond donors (Lipinski definition) is 2. The van der Waals surface area contributed by atoms with E-state index in [1.807, 2.05) is 63.2 Å². The summed E-state index contributed by atoms with van der Waals surface area (Å²) in [5.74, 6) is -0.402. The van der Waals surface area contributed by atoms with E-state index in [0.29, 0.717) is 11.1 Å². The van der Waals surface area contributed by atoms with E-state index in [4.69, 9.17) is 0 Å². The molecule has 27 heavy (non-hydrogen) atoms. The number of hydrogen-bond acceptors (Lipinski definition) is 2. The fourth-order valence-corrected chi connectivity index (χ4v) is 2.76. The quantitative estimate of drug-likeness (QED) is 0.680. The minimum absolute atomic E-state index is 0.199. The van der Waals surface area contributed by atoms with E-state index >= 15 is 0 Å². The minimum atomic E-state index is -0.203. The Balaban J connectivity index is 1.71. The van der Waals surface area contributed by atoms with Gasteiger partial charge in [0.15, 0.2) is 0 Å². The van der Waals surface area contributed by atoms with Crippen molar-refractivity contribution in [2.24, 2.45) is 0 Å². The summed E-state index contributed by atoms with van der Waals surface area (Å²) in [5, 5.41) is 5.81. The molecule has 3 rings (SSSR count). The van der Waals surface area contributed by atoms with Crippen molar-refractivity contribution in [2.75, 3.05) is 10.6 Å². The molecule has 2 N–H and O–H groups in total. The molecular formula is C23H22N2O2. The van der Waals surface area contributed by atoms with Crippen molar-refractivity contribution >= 4 is 23.2 Å². The number of aryl methyl sites for hydroxylation is 2. The van der Waals surface area contributed by atoms with Gasteiger partial charge in [-0.2, -0.15) is 0 Å². The van der Waals surface area contributed by atoms with Crippen molar-refractivity contribution in [3.63, 3.8) is 0 Å². The minimum Gasteiger partial charge on any atom is -0.322 e. The van der Waals surface area contributed by atoms with Crippen molar-refractivity contribution in [1.82, 2.24) is 0 Å². The van der Waals surface area contributed by atoms with Gasteiger partial charge >= 0.3 is 0 Å². The van der Waals surface area contributed by atoms with Gasteiger partial charge in [-0.25, -0.2) is 0 Å². The summed E-state index contributed by atoms with van der Waals surface area (Å²) in [5.41, 5.74) is 5.73. The second-order valence-corrected chi connectivity index (χ2v) is 6.55. The zero-order valence-electron chi connectivity index (χ0n) is 15.7. The van der Waals surface area contributed by atoms with E-state index < -0.39 is 0 Å². The van der Waals surface area contributed by atoms with Crippen LogP contribution in [0.3, 0.4) is 0 Å². The van der Waals surface area contributed by atoms with Gasteiger partial charge in [0, 0.05) is 22.5 Å². The molecule has 0 heterocycles. The molecule has 0 aliphatic carbocycles. The third-order valence-corrected chi connectivity index (χ3v) is 4.66. The number of benzene rings is 3. The molecule has 0 aromatic heterocycles. The Hall–Kier alpha value is -3.40. The van der Waals surface area contributed by atoms with Crippen LogP contribution in [0.5, 0.6) is 0 Å². The van der Waals surface area contributed by atoms with Gasteiger partial charge in [-0.3, -0.25) is 9.59 Å². The van der Waals surface area contributed by atoms with Crippen molar-refractivity contribution in [3.8, 4) is 0 Å². The number of nitrogens with one attached hydrogen (secondary N) is 2. The standard InChI is InChI=1S/C23H22N2O2/c1-15-8-6-10-21(17(15)3)25-23(27)19-13-11-18(12-14-19)22(26)24-20-9-5-4-7-16(20)2/h4-14H,1-3H3,(H,24,26)(H,25,27). The van der Waals surface area contributed by atoms with E-state index in [2.05, 4.69) is 10.6 Å². The number of anilines is 2. The number of carbonyl (C=O) groups excluding carboxylic acids is 2. The van der Waals surface area contributed by atoms with Crippen molar-refractivity contribution < 1.29 is 9.59 Å². The SMILES string of the molecule is Cc1ccccc1NC(=O)c1ccc(C(=O)Nc2cccc(C)c2C)cc1. The average molecular weight is 358 g/mol. The van der Waals surface area contributed by atoms with E-state index in [-0.39, 0.29) is 11.8 Å². The van der Waals surface area contributed by atoms with Gasteiger partial charge in [0.25, 0.3) is 11.8 Å². The summed E-state index contributed by atoms with van der Waals surface area (Å²) < 4.78 is 0. The van der Waals surface area contributed by atoms with E-state index in [1.165, 1.54) is 0 Å². The van der Waals surface area contributed by atoms with Gasteiger partial charge < -0.3 is 10.6 Å². The summed E-state index contributed by atoms with van der Waals surface area (Å²) in [7, 11) is 0. The lowest BCUT2D eigenvalue weighted by atomic mass is 10.1. The molecule has 0 fully saturated rings. The summed E-state index contributed by atoms with van der Waals surface area (Å²) in [6.45, 7) is 5.92. The number of carbonyl (C=O) groups is 2. The van der Waals surface area contributed by atoms with Gasteiger partial charge in [-0.05, 0) is 73.9 Å². The molecule has 0 bridgehead atoms. The molecule has 0 radical (unpaired) electrons. The first-order valence-corrected chi connectivity index (χ1v) is 8.80. The molecule has 0 spiro atoms. The largest absolute Gasteiger partial charge is 0.322 e. The van der Waals surface area contributed by atoms with E-state index in [1.54, 1.807) is 24.3 Å². The smallest absolute Gasteiger partial charge is 0.255 e. The Labute approximate surface area is 159 Å². The first-order chi connectivity index (χ1) is 13.0. The molecule has 0 saturated carbocycles. The summed E-state index contributed by atoms with van der Waals surface area (Å²) in [6, 6.07) is 20.0. The highest BCUT2D eigenvalue weighted by molar-refractivity contribution is 6.07. The lowest BCUT2D eigenvalue weighted by Gasteiger charge is -2.11. The maximum absolute atomic E-state index is 12.5. The molecule has 3 aromatic rings. The summed E-state index contributed by atoms with van der Waals surface area (Å²) in [6.07, 6.45) is 0. The Morgan fingerprint density at radius 2 is 1.07 bits per heavy atom. The number of para-hydroxylation sites is 1. The van der Waals surface area contributed by atoms with Gasteiger partial charge in [0.2, 0.25) is 0 Å². The van der Waals surface area contributed by atoms with Crippen LogP contribution in [-0.2, 0) is 0 Å². The maximum Gasteiger partial charge on any atom is 0.255 e. The predicted octanol–water partition coefficient (Wildman–Crippen LogP) is 5.12. The van der Waals surface area contributed by atoms with Gasteiger partial charge in [0.1, 0.15) is 0 Å². The second-order valence-electron chi connectivity index (χ2n) is 6.55. The molecule has 4 nitrogen and oxygen atoms in total. The molecule has 0 aliphatic heterocycles. The van der Waals surface area contributed by atoms with Gasteiger partial charge in [-0.1, -0.05) is 30.3 Å². The zero-order valence-corrected chi connectivity index (χ0v) is 15.7. The first kappa shape index (κ1) is 18.4. The first-order valence-electron chi connectivity index (χ1n) is 8.80. The lowest BCUT2D eigenvalue weighted by Crippen LogP contribution is -2.15. The van der Waals surface area contributed by atoms with Crippen LogP contribution in [0.25, 0.3) is 0 Å². The third kappa shape index (κ3) is 4.23. The maximum atomic E-state index is 12.5. The van der Waals surface area contributed by atoms with Gasteiger partial charge in [-0.15, -0.1) is 0 Å². The number of rotatable bonds is 4. The second kappa shape index (κ2) is 7.87. The highest BCUT2D eigenvalue weighted by atomic mass is 16.2. The summed E-state index contributed by atoms with van der Waals surface area (Å²) >= 11 is 0. The Bertz CT molecular complexity index is 992. The zero-order chi connectivity index (χ0) is 19.4. The Morgan fingerprint density at radius 1 is 0.593 bits per heavy atom. The highest BCUT2D eigenvalue weighted by Gasteiger charge is 2.11. The van der Waals surface area contributed by atoms with Crippen molar-refractivity contribution in [2.45, 2.75) is 20.8 Å². The summed E-state index contributed by atoms with van der Waals surface area (Å²) in [4.78, 5) is 24.9. The van der Waals surface area contributed by atoms with E-state index in [9.17, 15) is 9.59 Å². The molecule has 0 saturated heterocycles. The lowest BCUT2D eigenvalue weighted by molar-refractivity contribution is 0.101. The average Bonchev–Trinajstić information content (AvgIpc) is 2.67. The Morgan fingerprint density at radius 3 is 1.67 bits per heavy atom. The Kier molecular flexibility index (Phi) is 5.36. The number of amides is 2. The molecule has 4 heteroatoms. The molecule has 136 valence electrons. The van der Waals surface area contributed by atoms with Crippen LogP contribution in [0.2, 0.25) is 0 Å². The topological polar surface area (TPSA) is 58.2 Å². The van der Waals surface area contributed by atoms with Crippen LogP contribution in [0, 0.1) is 20.8 Å². The molecule has 2 amide bonds. The van der Waals surface area contributed by atoms with Crippen LogP contribution in [0.4, 0.5) is 11.4 Å². The van der Waals surface area contributed by atoms with Crippen LogP contribution < -0.4 is 10.6 Å². The van der Waals surface area contributed by atoms with Crippen molar-refractivity contribution in [1.29, 1.82) is 0 Å². The molecule has 0 atom stereocenters. The fraction of sp³-hybridized carbons (Fsp3) is 0.130. The fourth-order valence-electron chi connectivity index (χ4n) is 2.76. The monoisotopic (exact) mass is 358 g/mol. The van der Waals surface area contributed by atoms with Crippen LogP contribution in [0.15, 0.2) is 66.7 Å². The molecule has 3 aromatic carbocycles. The third-order valence-electron chi connectivity index (χ3n) is 4.66. The van der Waals surface area contributed by atoms with E-state index in [0.717, 1.165) is 28.1 Å². The predicted molar refractivity (Wildman–Crippen MR) is 109 cm³/mol. The highest BCUT2D eigenvalue weighted by Crippen LogP contribution is 2.19. The van der Waals surface area contributed by atoms with Crippen molar-refractivity contribution in [3.05, 3.63) is 94.5 Å². The molecular weight excluding hydrogens is 336 g/mol. The van der Waals surface area contributed by atoms with Crippen LogP contribution in [0.1, 0.15) is 37.4 Å². The van der Waals surface area contributed by atoms with Crippen LogP contribution in [-0.4, -0.2) is 11.8 Å².